The van der Waals surface area contributed by atoms with E-state index >= 15 is 0 Å². The van der Waals surface area contributed by atoms with Crippen molar-refractivity contribution in [3.05, 3.63) is 17.4 Å². The van der Waals surface area contributed by atoms with Gasteiger partial charge in [0.25, 0.3) is 0 Å². The predicted molar refractivity (Wildman–Crippen MR) is 53.1 cm³/mol. The Labute approximate surface area is 91.2 Å². The number of fused-ring (bicyclic) bond motifs is 1. The number of halogens is 1. The van der Waals surface area contributed by atoms with E-state index in [-0.39, 0.29) is 30.2 Å². The van der Waals surface area contributed by atoms with Crippen molar-refractivity contribution in [1.82, 2.24) is 0 Å². The molecular formula is C10H12FNO4. The quantitative estimate of drug-likeness (QED) is 0.679. The number of nitrogens with two attached hydrogens (primary N) is 1. The summed E-state index contributed by atoms with van der Waals surface area (Å²) >= 11 is 0. The summed E-state index contributed by atoms with van der Waals surface area (Å²) in [6.07, 6.45) is -1.19. The van der Waals surface area contributed by atoms with Gasteiger partial charge in [0.1, 0.15) is 13.2 Å². The minimum Gasteiger partial charge on any atom is -0.504 e. The highest BCUT2D eigenvalue weighted by Crippen LogP contribution is 2.43. The van der Waals surface area contributed by atoms with Crippen molar-refractivity contribution >= 4 is 0 Å². The van der Waals surface area contributed by atoms with Crippen molar-refractivity contribution in [3.8, 4) is 17.2 Å². The van der Waals surface area contributed by atoms with Gasteiger partial charge >= 0.3 is 0 Å². The number of aliphatic hydroxyl groups is 1. The summed E-state index contributed by atoms with van der Waals surface area (Å²) in [5.41, 5.74) is 5.22. The van der Waals surface area contributed by atoms with Crippen LogP contribution in [0.2, 0.25) is 0 Å². The number of phenols is 1. The van der Waals surface area contributed by atoms with E-state index in [1.54, 1.807) is 0 Å². The average molecular weight is 229 g/mol. The highest BCUT2D eigenvalue weighted by molar-refractivity contribution is 5.55. The van der Waals surface area contributed by atoms with Crippen LogP contribution in [0.3, 0.4) is 0 Å². The zero-order valence-electron chi connectivity index (χ0n) is 8.44. The summed E-state index contributed by atoms with van der Waals surface area (Å²) in [5, 5.41) is 19.1. The van der Waals surface area contributed by atoms with Gasteiger partial charge in [0.2, 0.25) is 0 Å². The van der Waals surface area contributed by atoms with Crippen LogP contribution in [-0.4, -0.2) is 30.0 Å². The van der Waals surface area contributed by atoms with Crippen LogP contribution in [0.15, 0.2) is 6.07 Å². The summed E-state index contributed by atoms with van der Waals surface area (Å²) in [7, 11) is 0. The zero-order valence-corrected chi connectivity index (χ0v) is 8.44. The normalized spacial score (nSPS) is 15.9. The fraction of sp³-hybridized carbons (Fsp3) is 0.400. The summed E-state index contributed by atoms with van der Waals surface area (Å²) in [4.78, 5) is 0. The molecule has 4 N–H and O–H groups in total. The molecule has 0 saturated heterocycles. The Morgan fingerprint density at radius 3 is 2.81 bits per heavy atom. The Morgan fingerprint density at radius 2 is 2.12 bits per heavy atom. The molecule has 5 nitrogen and oxygen atoms in total. The SMILES string of the molecule is NCC(O)c1c(O)c(F)cc2c1OCCO2. The van der Waals surface area contributed by atoms with Gasteiger partial charge in [-0.05, 0) is 0 Å². The van der Waals surface area contributed by atoms with Crippen LogP contribution in [0.5, 0.6) is 17.2 Å². The molecular weight excluding hydrogens is 217 g/mol. The second-order valence-corrected chi connectivity index (χ2v) is 3.40. The van der Waals surface area contributed by atoms with Crippen molar-refractivity contribution < 1.29 is 24.1 Å². The lowest BCUT2D eigenvalue weighted by Crippen LogP contribution is -2.20. The van der Waals surface area contributed by atoms with Gasteiger partial charge in [0.15, 0.2) is 23.1 Å². The Bertz CT molecular complexity index is 410. The second-order valence-electron chi connectivity index (χ2n) is 3.40. The highest BCUT2D eigenvalue weighted by atomic mass is 19.1. The molecule has 1 heterocycles. The monoisotopic (exact) mass is 229 g/mol. The molecule has 0 radical (unpaired) electrons. The second kappa shape index (κ2) is 4.15. The van der Waals surface area contributed by atoms with Gasteiger partial charge < -0.3 is 25.4 Å². The average Bonchev–Trinajstić information content (AvgIpc) is 2.30. The molecule has 1 aromatic rings. The van der Waals surface area contributed by atoms with Crippen molar-refractivity contribution in [2.75, 3.05) is 19.8 Å². The minimum atomic E-state index is -1.19. The third kappa shape index (κ3) is 1.66. The number of benzene rings is 1. The largest absolute Gasteiger partial charge is 0.504 e. The molecule has 0 saturated carbocycles. The van der Waals surface area contributed by atoms with Crippen LogP contribution in [0.4, 0.5) is 4.39 Å². The third-order valence-electron chi connectivity index (χ3n) is 2.35. The topological polar surface area (TPSA) is 84.9 Å². The van der Waals surface area contributed by atoms with E-state index in [2.05, 4.69) is 0 Å². The Hall–Kier alpha value is -1.53. The van der Waals surface area contributed by atoms with Crippen LogP contribution in [-0.2, 0) is 0 Å². The summed E-state index contributed by atoms with van der Waals surface area (Å²) < 4.78 is 23.7. The van der Waals surface area contributed by atoms with E-state index in [0.29, 0.717) is 6.61 Å². The number of aliphatic hydroxyl groups excluding tert-OH is 1. The Morgan fingerprint density at radius 1 is 1.44 bits per heavy atom. The molecule has 1 aliphatic rings. The first kappa shape index (κ1) is 11.0. The molecule has 0 aromatic heterocycles. The summed E-state index contributed by atoms with van der Waals surface area (Å²) in [6.45, 7) is 0.435. The van der Waals surface area contributed by atoms with Gasteiger partial charge in [0, 0.05) is 12.6 Å². The zero-order chi connectivity index (χ0) is 11.7. The first-order valence-electron chi connectivity index (χ1n) is 4.84. The van der Waals surface area contributed by atoms with Crippen LogP contribution in [0, 0.1) is 5.82 Å². The summed E-state index contributed by atoms with van der Waals surface area (Å²) in [5.74, 6) is -1.19. The predicted octanol–water partition coefficient (Wildman–Crippen LogP) is 0.295. The maximum absolute atomic E-state index is 13.3. The van der Waals surface area contributed by atoms with Gasteiger partial charge in [-0.3, -0.25) is 0 Å². The van der Waals surface area contributed by atoms with Gasteiger partial charge in [-0.2, -0.15) is 0 Å². The van der Waals surface area contributed by atoms with Crippen molar-refractivity contribution in [3.63, 3.8) is 0 Å². The molecule has 0 amide bonds. The molecule has 16 heavy (non-hydrogen) atoms. The van der Waals surface area contributed by atoms with E-state index < -0.39 is 17.7 Å². The molecule has 0 spiro atoms. The number of hydrogen-bond donors (Lipinski definition) is 3. The first-order chi connectivity index (χ1) is 7.65. The molecule has 1 unspecified atom stereocenters. The lowest BCUT2D eigenvalue weighted by atomic mass is 10.1. The molecule has 0 aliphatic carbocycles. The maximum atomic E-state index is 13.3. The standard InChI is InChI=1S/C10H12FNO4/c11-5-3-7-10(16-2-1-15-7)8(9(5)14)6(13)4-12/h3,6,13-14H,1-2,4,12H2. The maximum Gasteiger partial charge on any atom is 0.171 e. The lowest BCUT2D eigenvalue weighted by Gasteiger charge is -2.23. The smallest absolute Gasteiger partial charge is 0.171 e. The molecule has 2 rings (SSSR count). The fourth-order valence-corrected chi connectivity index (χ4v) is 1.60. The Kier molecular flexibility index (Phi) is 2.84. The van der Waals surface area contributed by atoms with E-state index in [0.717, 1.165) is 6.07 Å². The molecule has 1 aliphatic heterocycles. The van der Waals surface area contributed by atoms with E-state index in [9.17, 15) is 14.6 Å². The number of ether oxygens (including phenoxy) is 2. The van der Waals surface area contributed by atoms with Gasteiger partial charge in [0.05, 0.1) is 11.7 Å². The molecule has 1 atom stereocenters. The van der Waals surface area contributed by atoms with Crippen LogP contribution >= 0.6 is 0 Å². The Balaban J connectivity index is 2.59. The van der Waals surface area contributed by atoms with E-state index in [1.807, 2.05) is 0 Å². The van der Waals surface area contributed by atoms with E-state index in [4.69, 9.17) is 15.2 Å². The highest BCUT2D eigenvalue weighted by Gasteiger charge is 2.26. The third-order valence-corrected chi connectivity index (χ3v) is 2.35. The van der Waals surface area contributed by atoms with Crippen molar-refractivity contribution in [2.45, 2.75) is 6.10 Å². The molecule has 0 fully saturated rings. The number of phenolic OH excluding ortho intramolecular Hbond substituents is 1. The van der Waals surface area contributed by atoms with Gasteiger partial charge in [-0.15, -0.1) is 0 Å². The molecule has 0 bridgehead atoms. The minimum absolute atomic E-state index is 0.0581. The molecule has 88 valence electrons. The molecule has 6 heteroatoms. The van der Waals surface area contributed by atoms with Crippen LogP contribution in [0.1, 0.15) is 11.7 Å². The van der Waals surface area contributed by atoms with Gasteiger partial charge in [-0.25, -0.2) is 4.39 Å². The summed E-state index contributed by atoms with van der Waals surface area (Å²) in [6, 6.07) is 1.02. The number of aromatic hydroxyl groups is 1. The van der Waals surface area contributed by atoms with E-state index in [1.165, 1.54) is 0 Å². The van der Waals surface area contributed by atoms with Crippen LogP contribution < -0.4 is 15.2 Å². The lowest BCUT2D eigenvalue weighted by molar-refractivity contribution is 0.144. The number of hydrogen-bond acceptors (Lipinski definition) is 5. The van der Waals surface area contributed by atoms with Crippen molar-refractivity contribution in [2.24, 2.45) is 5.73 Å². The van der Waals surface area contributed by atoms with Crippen LogP contribution in [0.25, 0.3) is 0 Å². The fourth-order valence-electron chi connectivity index (χ4n) is 1.60. The number of rotatable bonds is 2. The molecule has 1 aromatic carbocycles. The first-order valence-corrected chi connectivity index (χ1v) is 4.84. The van der Waals surface area contributed by atoms with Crippen molar-refractivity contribution in [1.29, 1.82) is 0 Å². The van der Waals surface area contributed by atoms with Gasteiger partial charge in [-0.1, -0.05) is 0 Å².